The molecule has 1 aliphatic rings. The Morgan fingerprint density at radius 2 is 2.15 bits per heavy atom. The minimum Gasteiger partial charge on any atom is -0.491 e. The third-order valence-electron chi connectivity index (χ3n) is 4.93. The summed E-state index contributed by atoms with van der Waals surface area (Å²) in [7, 11) is 1.66. The number of amides is 1. The van der Waals surface area contributed by atoms with Gasteiger partial charge in [-0.1, -0.05) is 24.3 Å². The second kappa shape index (κ2) is 7.32. The van der Waals surface area contributed by atoms with Crippen molar-refractivity contribution in [2.45, 2.75) is 19.0 Å². The van der Waals surface area contributed by atoms with Gasteiger partial charge in [0.2, 0.25) is 0 Å². The number of nitrogens with one attached hydrogen (secondary N) is 1. The summed E-state index contributed by atoms with van der Waals surface area (Å²) in [6.07, 6.45) is 2.60. The van der Waals surface area contributed by atoms with Crippen molar-refractivity contribution in [1.82, 2.24) is 9.88 Å². The van der Waals surface area contributed by atoms with Crippen molar-refractivity contribution >= 4 is 22.5 Å². The predicted octanol–water partition coefficient (Wildman–Crippen LogP) is 2.60. The van der Waals surface area contributed by atoms with E-state index in [2.05, 4.69) is 5.32 Å². The standard InChI is InChI=1S/C21H23N3O3/c1-26-10-9-24-12-16(20-17(22)6-4-7-18(20)24)21(25)23-15-11-14-5-2-3-8-19(14)27-13-15/h2-8,12,15H,9-11,13,22H2,1H3,(H,23,25). The summed E-state index contributed by atoms with van der Waals surface area (Å²) in [5, 5.41) is 3.88. The molecule has 1 atom stereocenters. The average molecular weight is 365 g/mol. The Hall–Kier alpha value is -2.99. The maximum absolute atomic E-state index is 13.0. The Bertz CT molecular complexity index is 980. The maximum Gasteiger partial charge on any atom is 0.253 e. The first kappa shape index (κ1) is 17.4. The molecule has 3 aromatic rings. The number of nitrogen functional groups attached to an aromatic ring is 1. The van der Waals surface area contributed by atoms with E-state index >= 15 is 0 Å². The second-order valence-corrected chi connectivity index (χ2v) is 6.76. The van der Waals surface area contributed by atoms with E-state index in [0.29, 0.717) is 31.0 Å². The van der Waals surface area contributed by atoms with Gasteiger partial charge in [0.25, 0.3) is 5.91 Å². The lowest BCUT2D eigenvalue weighted by atomic mass is 10.0. The second-order valence-electron chi connectivity index (χ2n) is 6.76. The number of anilines is 1. The third kappa shape index (κ3) is 3.36. The summed E-state index contributed by atoms with van der Waals surface area (Å²) in [5.41, 5.74) is 9.40. The van der Waals surface area contributed by atoms with Crippen LogP contribution in [0.5, 0.6) is 5.75 Å². The minimum absolute atomic E-state index is 0.0743. The molecule has 1 aliphatic heterocycles. The van der Waals surface area contributed by atoms with Gasteiger partial charge in [-0.25, -0.2) is 0 Å². The van der Waals surface area contributed by atoms with Gasteiger partial charge >= 0.3 is 0 Å². The molecule has 0 spiro atoms. The fourth-order valence-electron chi connectivity index (χ4n) is 3.61. The molecule has 2 aromatic carbocycles. The fourth-order valence-corrected chi connectivity index (χ4v) is 3.61. The molecular formula is C21H23N3O3. The lowest BCUT2D eigenvalue weighted by Gasteiger charge is -2.26. The van der Waals surface area contributed by atoms with E-state index < -0.39 is 0 Å². The summed E-state index contributed by atoms with van der Waals surface area (Å²) in [5.74, 6) is 0.755. The molecule has 2 heterocycles. The molecule has 0 saturated carbocycles. The minimum atomic E-state index is -0.137. The molecule has 0 fully saturated rings. The number of carbonyl (C=O) groups excluding carboxylic acids is 1. The van der Waals surface area contributed by atoms with Crippen LogP contribution in [0.3, 0.4) is 0 Å². The molecule has 27 heavy (non-hydrogen) atoms. The smallest absolute Gasteiger partial charge is 0.253 e. The van der Waals surface area contributed by atoms with Gasteiger partial charge in [-0.05, 0) is 30.2 Å². The van der Waals surface area contributed by atoms with Crippen LogP contribution in [0.2, 0.25) is 0 Å². The summed E-state index contributed by atoms with van der Waals surface area (Å²) in [6, 6.07) is 13.5. The largest absolute Gasteiger partial charge is 0.491 e. The summed E-state index contributed by atoms with van der Waals surface area (Å²) in [6.45, 7) is 1.68. The Labute approximate surface area is 157 Å². The zero-order valence-electron chi connectivity index (χ0n) is 15.3. The van der Waals surface area contributed by atoms with Gasteiger partial charge in [0.15, 0.2) is 0 Å². The van der Waals surface area contributed by atoms with Crippen molar-refractivity contribution in [3.8, 4) is 5.75 Å². The van der Waals surface area contributed by atoms with Crippen LogP contribution in [-0.4, -0.2) is 36.8 Å². The number of hydrogen-bond donors (Lipinski definition) is 2. The van der Waals surface area contributed by atoms with Gasteiger partial charge in [0.05, 0.1) is 23.7 Å². The molecule has 3 N–H and O–H groups in total. The topological polar surface area (TPSA) is 78.5 Å². The number of para-hydroxylation sites is 1. The quantitative estimate of drug-likeness (QED) is 0.681. The van der Waals surface area contributed by atoms with Gasteiger partial charge in [-0.2, -0.15) is 0 Å². The average Bonchev–Trinajstić information content (AvgIpc) is 3.06. The number of aromatic nitrogens is 1. The lowest BCUT2D eigenvalue weighted by molar-refractivity contribution is 0.0916. The molecular weight excluding hydrogens is 342 g/mol. The first-order valence-electron chi connectivity index (χ1n) is 9.05. The number of rotatable bonds is 5. The van der Waals surface area contributed by atoms with E-state index in [1.54, 1.807) is 7.11 Å². The van der Waals surface area contributed by atoms with Gasteiger partial charge in [-0.15, -0.1) is 0 Å². The number of ether oxygens (including phenoxy) is 2. The monoisotopic (exact) mass is 365 g/mol. The van der Waals surface area contributed by atoms with Gasteiger partial charge in [-0.3, -0.25) is 4.79 Å². The maximum atomic E-state index is 13.0. The van der Waals surface area contributed by atoms with Gasteiger partial charge in [0.1, 0.15) is 12.4 Å². The first-order valence-corrected chi connectivity index (χ1v) is 9.05. The van der Waals surface area contributed by atoms with E-state index in [-0.39, 0.29) is 11.9 Å². The molecule has 1 aromatic heterocycles. The molecule has 1 unspecified atom stereocenters. The summed E-state index contributed by atoms with van der Waals surface area (Å²) in [4.78, 5) is 13.0. The van der Waals surface area contributed by atoms with Gasteiger partial charge in [0, 0.05) is 30.9 Å². The highest BCUT2D eigenvalue weighted by atomic mass is 16.5. The number of benzene rings is 2. The molecule has 1 amide bonds. The predicted molar refractivity (Wildman–Crippen MR) is 105 cm³/mol. The third-order valence-corrected chi connectivity index (χ3v) is 4.93. The fraction of sp³-hybridized carbons (Fsp3) is 0.286. The van der Waals surface area contributed by atoms with E-state index in [0.717, 1.165) is 28.6 Å². The highest BCUT2D eigenvalue weighted by Gasteiger charge is 2.24. The number of fused-ring (bicyclic) bond motifs is 2. The lowest BCUT2D eigenvalue weighted by Crippen LogP contribution is -2.42. The Morgan fingerprint density at radius 3 is 3.00 bits per heavy atom. The number of nitrogens with zero attached hydrogens (tertiary/aromatic N) is 1. The highest BCUT2D eigenvalue weighted by Crippen LogP contribution is 2.28. The van der Waals surface area contributed by atoms with Crippen molar-refractivity contribution in [1.29, 1.82) is 0 Å². The van der Waals surface area contributed by atoms with Crippen molar-refractivity contribution in [3.63, 3.8) is 0 Å². The summed E-state index contributed by atoms with van der Waals surface area (Å²) < 4.78 is 13.0. The van der Waals surface area contributed by atoms with Crippen LogP contribution in [0.25, 0.3) is 10.9 Å². The molecule has 4 rings (SSSR count). The van der Waals surface area contributed by atoms with Crippen LogP contribution in [0.4, 0.5) is 5.69 Å². The number of methoxy groups -OCH3 is 1. The number of hydrogen-bond acceptors (Lipinski definition) is 4. The molecule has 0 aliphatic carbocycles. The van der Waals surface area contributed by atoms with E-state index in [4.69, 9.17) is 15.2 Å². The zero-order valence-corrected chi connectivity index (χ0v) is 15.3. The molecule has 0 bridgehead atoms. The number of nitrogens with two attached hydrogens (primary N) is 1. The van der Waals surface area contributed by atoms with E-state index in [1.807, 2.05) is 53.2 Å². The Kier molecular flexibility index (Phi) is 4.73. The highest BCUT2D eigenvalue weighted by molar-refractivity contribution is 6.11. The van der Waals surface area contributed by atoms with Crippen LogP contribution < -0.4 is 15.8 Å². The molecule has 0 radical (unpaired) electrons. The molecule has 6 heteroatoms. The van der Waals surface area contributed by atoms with E-state index in [9.17, 15) is 4.79 Å². The van der Waals surface area contributed by atoms with Crippen molar-refractivity contribution in [2.75, 3.05) is 26.1 Å². The Balaban J connectivity index is 1.60. The van der Waals surface area contributed by atoms with Crippen molar-refractivity contribution in [2.24, 2.45) is 0 Å². The van der Waals surface area contributed by atoms with Crippen LogP contribution in [0, 0.1) is 0 Å². The van der Waals surface area contributed by atoms with Crippen molar-refractivity contribution < 1.29 is 14.3 Å². The summed E-state index contributed by atoms with van der Waals surface area (Å²) >= 11 is 0. The molecule has 140 valence electrons. The van der Waals surface area contributed by atoms with Crippen LogP contribution in [-0.2, 0) is 17.7 Å². The Morgan fingerprint density at radius 1 is 1.30 bits per heavy atom. The zero-order chi connectivity index (χ0) is 18.8. The normalized spacial score (nSPS) is 16.0. The van der Waals surface area contributed by atoms with Crippen LogP contribution >= 0.6 is 0 Å². The number of carbonyl (C=O) groups is 1. The van der Waals surface area contributed by atoms with Crippen LogP contribution in [0.1, 0.15) is 15.9 Å². The molecule has 0 saturated heterocycles. The molecule has 6 nitrogen and oxygen atoms in total. The van der Waals surface area contributed by atoms with Gasteiger partial charge < -0.3 is 25.1 Å². The van der Waals surface area contributed by atoms with E-state index in [1.165, 1.54) is 0 Å². The first-order chi connectivity index (χ1) is 13.2. The van der Waals surface area contributed by atoms with Crippen molar-refractivity contribution in [3.05, 3.63) is 59.8 Å². The SMILES string of the molecule is COCCn1cc(C(=O)NC2COc3ccccc3C2)c2c(N)cccc21. The van der Waals surface area contributed by atoms with Crippen LogP contribution in [0.15, 0.2) is 48.7 Å².